The SMILES string of the molecule is CC(NC(=O)COc1ccc2oc3ccccc3c2c1)c1ccc2c(c1)OCCO2. The van der Waals surface area contributed by atoms with Crippen molar-refractivity contribution in [2.45, 2.75) is 13.0 Å². The van der Waals surface area contributed by atoms with Crippen molar-refractivity contribution in [3.63, 3.8) is 0 Å². The molecule has 5 rings (SSSR count). The highest BCUT2D eigenvalue weighted by Gasteiger charge is 2.16. The zero-order valence-electron chi connectivity index (χ0n) is 16.5. The summed E-state index contributed by atoms with van der Waals surface area (Å²) in [4.78, 5) is 12.4. The lowest BCUT2D eigenvalue weighted by atomic mass is 10.1. The molecule has 1 aliphatic heterocycles. The maximum Gasteiger partial charge on any atom is 0.258 e. The Morgan fingerprint density at radius 1 is 0.967 bits per heavy atom. The molecule has 1 atom stereocenters. The lowest BCUT2D eigenvalue weighted by Gasteiger charge is -2.21. The van der Waals surface area contributed by atoms with Gasteiger partial charge in [0.1, 0.15) is 30.1 Å². The van der Waals surface area contributed by atoms with Gasteiger partial charge in [0, 0.05) is 10.8 Å². The van der Waals surface area contributed by atoms with Gasteiger partial charge in [0.2, 0.25) is 0 Å². The molecule has 1 aromatic heterocycles. The fraction of sp³-hybridized carbons (Fsp3) is 0.208. The second kappa shape index (κ2) is 7.63. The van der Waals surface area contributed by atoms with E-state index in [-0.39, 0.29) is 18.6 Å². The van der Waals surface area contributed by atoms with E-state index in [1.165, 1.54) is 0 Å². The first kappa shape index (κ1) is 18.4. The van der Waals surface area contributed by atoms with E-state index in [0.29, 0.717) is 24.7 Å². The fourth-order valence-electron chi connectivity index (χ4n) is 3.64. The number of amides is 1. The van der Waals surface area contributed by atoms with E-state index >= 15 is 0 Å². The van der Waals surface area contributed by atoms with Crippen LogP contribution < -0.4 is 19.5 Å². The van der Waals surface area contributed by atoms with Gasteiger partial charge in [-0.3, -0.25) is 4.79 Å². The largest absolute Gasteiger partial charge is 0.486 e. The van der Waals surface area contributed by atoms with E-state index in [2.05, 4.69) is 5.32 Å². The molecular formula is C24H21NO5. The van der Waals surface area contributed by atoms with Crippen LogP contribution in [0.5, 0.6) is 17.2 Å². The van der Waals surface area contributed by atoms with Crippen LogP contribution in [0.4, 0.5) is 0 Å². The molecule has 0 fully saturated rings. The molecule has 1 unspecified atom stereocenters. The first-order valence-corrected chi connectivity index (χ1v) is 9.90. The number of benzene rings is 3. The normalized spacial score (nSPS) is 13.9. The van der Waals surface area contributed by atoms with Crippen LogP contribution >= 0.6 is 0 Å². The number of carbonyl (C=O) groups is 1. The molecule has 0 radical (unpaired) electrons. The zero-order chi connectivity index (χ0) is 20.5. The van der Waals surface area contributed by atoms with Crippen molar-refractivity contribution >= 4 is 27.8 Å². The topological polar surface area (TPSA) is 69.9 Å². The molecule has 152 valence electrons. The second-order valence-corrected chi connectivity index (χ2v) is 7.24. The Hall–Kier alpha value is -3.67. The van der Waals surface area contributed by atoms with Gasteiger partial charge in [-0.25, -0.2) is 0 Å². The minimum Gasteiger partial charge on any atom is -0.486 e. The van der Waals surface area contributed by atoms with Crippen molar-refractivity contribution in [2.24, 2.45) is 0 Å². The summed E-state index contributed by atoms with van der Waals surface area (Å²) in [6, 6.07) is 18.9. The van der Waals surface area contributed by atoms with E-state index in [9.17, 15) is 4.79 Å². The van der Waals surface area contributed by atoms with Gasteiger partial charge >= 0.3 is 0 Å². The zero-order valence-corrected chi connectivity index (χ0v) is 16.5. The first-order chi connectivity index (χ1) is 14.7. The molecule has 2 heterocycles. The summed E-state index contributed by atoms with van der Waals surface area (Å²) in [7, 11) is 0. The van der Waals surface area contributed by atoms with Crippen molar-refractivity contribution < 1.29 is 23.4 Å². The van der Waals surface area contributed by atoms with Gasteiger partial charge in [0.15, 0.2) is 18.1 Å². The smallest absolute Gasteiger partial charge is 0.258 e. The number of hydrogen-bond acceptors (Lipinski definition) is 5. The van der Waals surface area contributed by atoms with Gasteiger partial charge in [0.05, 0.1) is 6.04 Å². The monoisotopic (exact) mass is 403 g/mol. The van der Waals surface area contributed by atoms with Crippen molar-refractivity contribution in [3.05, 3.63) is 66.2 Å². The summed E-state index contributed by atoms with van der Waals surface area (Å²) >= 11 is 0. The Bertz CT molecular complexity index is 1230. The molecule has 1 amide bonds. The molecule has 6 nitrogen and oxygen atoms in total. The van der Waals surface area contributed by atoms with Crippen LogP contribution in [0.25, 0.3) is 21.9 Å². The third-order valence-corrected chi connectivity index (χ3v) is 5.16. The molecule has 6 heteroatoms. The summed E-state index contributed by atoms with van der Waals surface area (Å²) in [6.07, 6.45) is 0. The average Bonchev–Trinajstić information content (AvgIpc) is 3.15. The van der Waals surface area contributed by atoms with Crippen LogP contribution in [0.15, 0.2) is 65.1 Å². The van der Waals surface area contributed by atoms with Crippen LogP contribution in [-0.2, 0) is 4.79 Å². The number of hydrogen-bond donors (Lipinski definition) is 1. The van der Waals surface area contributed by atoms with Crippen LogP contribution in [-0.4, -0.2) is 25.7 Å². The number of ether oxygens (including phenoxy) is 3. The van der Waals surface area contributed by atoms with Gasteiger partial charge < -0.3 is 23.9 Å². The Kier molecular flexibility index (Phi) is 4.67. The van der Waals surface area contributed by atoms with Crippen LogP contribution in [0.1, 0.15) is 18.5 Å². The standard InChI is InChI=1S/C24H21NO5/c1-15(16-6-8-22-23(12-16)28-11-10-27-22)25-24(26)14-29-17-7-9-21-19(13-17)18-4-2-3-5-20(18)30-21/h2-9,12-13,15H,10-11,14H2,1H3,(H,25,26). The van der Waals surface area contributed by atoms with E-state index < -0.39 is 0 Å². The highest BCUT2D eigenvalue weighted by atomic mass is 16.6. The number of para-hydroxylation sites is 1. The minimum absolute atomic E-state index is 0.0732. The van der Waals surface area contributed by atoms with E-state index in [1.54, 1.807) is 0 Å². The van der Waals surface area contributed by atoms with Gasteiger partial charge in [-0.2, -0.15) is 0 Å². The summed E-state index contributed by atoms with van der Waals surface area (Å²) in [5.74, 6) is 1.86. The summed E-state index contributed by atoms with van der Waals surface area (Å²) in [5.41, 5.74) is 2.56. The second-order valence-electron chi connectivity index (χ2n) is 7.24. The highest BCUT2D eigenvalue weighted by Crippen LogP contribution is 2.33. The maximum atomic E-state index is 12.4. The van der Waals surface area contributed by atoms with Gasteiger partial charge in [-0.1, -0.05) is 24.3 Å². The molecule has 0 aliphatic carbocycles. The maximum absolute atomic E-state index is 12.4. The molecule has 0 bridgehead atoms. The third-order valence-electron chi connectivity index (χ3n) is 5.16. The number of carbonyl (C=O) groups excluding carboxylic acids is 1. The van der Waals surface area contributed by atoms with E-state index in [4.69, 9.17) is 18.6 Å². The van der Waals surface area contributed by atoms with E-state index in [1.807, 2.05) is 67.6 Å². The quantitative estimate of drug-likeness (QED) is 0.527. The molecule has 0 saturated heterocycles. The van der Waals surface area contributed by atoms with Crippen LogP contribution in [0.3, 0.4) is 0 Å². The van der Waals surface area contributed by atoms with Crippen molar-refractivity contribution in [1.82, 2.24) is 5.32 Å². The molecule has 1 aliphatic rings. The number of rotatable bonds is 5. The van der Waals surface area contributed by atoms with Gasteiger partial charge in [0.25, 0.3) is 5.91 Å². The molecule has 30 heavy (non-hydrogen) atoms. The Balaban J connectivity index is 1.24. The van der Waals surface area contributed by atoms with E-state index in [0.717, 1.165) is 33.3 Å². The van der Waals surface area contributed by atoms with Crippen LogP contribution in [0.2, 0.25) is 0 Å². The molecule has 4 aromatic rings. The molecule has 0 spiro atoms. The summed E-state index contributed by atoms with van der Waals surface area (Å²) < 4.78 is 22.7. The highest BCUT2D eigenvalue weighted by molar-refractivity contribution is 6.05. The molecular weight excluding hydrogens is 382 g/mol. The molecule has 0 saturated carbocycles. The Morgan fingerprint density at radius 3 is 2.67 bits per heavy atom. The average molecular weight is 403 g/mol. The Labute approximate surface area is 173 Å². The van der Waals surface area contributed by atoms with Crippen molar-refractivity contribution in [1.29, 1.82) is 0 Å². The molecule has 1 N–H and O–H groups in total. The van der Waals surface area contributed by atoms with Crippen molar-refractivity contribution in [2.75, 3.05) is 19.8 Å². The van der Waals surface area contributed by atoms with Crippen molar-refractivity contribution in [3.8, 4) is 17.2 Å². The first-order valence-electron chi connectivity index (χ1n) is 9.90. The number of nitrogens with one attached hydrogen (secondary N) is 1. The Morgan fingerprint density at radius 2 is 1.77 bits per heavy atom. The number of furan rings is 1. The predicted molar refractivity (Wildman–Crippen MR) is 113 cm³/mol. The lowest BCUT2D eigenvalue weighted by Crippen LogP contribution is -2.31. The van der Waals surface area contributed by atoms with Crippen LogP contribution in [0, 0.1) is 0 Å². The van der Waals surface area contributed by atoms with Gasteiger partial charge in [-0.15, -0.1) is 0 Å². The minimum atomic E-state index is -0.200. The molecule has 3 aromatic carbocycles. The number of fused-ring (bicyclic) bond motifs is 4. The predicted octanol–water partition coefficient (Wildman–Crippen LogP) is 4.61. The lowest BCUT2D eigenvalue weighted by molar-refractivity contribution is -0.123. The summed E-state index contributed by atoms with van der Waals surface area (Å²) in [6.45, 7) is 2.93. The summed E-state index contributed by atoms with van der Waals surface area (Å²) in [5, 5.41) is 4.94. The third kappa shape index (κ3) is 3.52. The van der Waals surface area contributed by atoms with Gasteiger partial charge in [-0.05, 0) is 48.9 Å². The fourth-order valence-corrected chi connectivity index (χ4v) is 3.64.